The summed E-state index contributed by atoms with van der Waals surface area (Å²) < 4.78 is 0. The third-order valence-corrected chi connectivity index (χ3v) is 5.61. The van der Waals surface area contributed by atoms with E-state index in [0.29, 0.717) is 10.0 Å². The molecule has 18 heavy (non-hydrogen) atoms. The van der Waals surface area contributed by atoms with Crippen molar-refractivity contribution in [1.82, 2.24) is 0 Å². The van der Waals surface area contributed by atoms with Crippen molar-refractivity contribution in [2.24, 2.45) is 0 Å². The van der Waals surface area contributed by atoms with Crippen LogP contribution in [0.3, 0.4) is 0 Å². The molecule has 96 valence electrons. The van der Waals surface area contributed by atoms with Crippen LogP contribution in [0.4, 0.5) is 0 Å². The van der Waals surface area contributed by atoms with Gasteiger partial charge in [0, 0.05) is 0 Å². The molecule has 2 aromatic carbocycles. The predicted molar refractivity (Wildman–Crippen MR) is 75.7 cm³/mol. The summed E-state index contributed by atoms with van der Waals surface area (Å²) in [6, 6.07) is 11.5. The average molecular weight is 305 g/mol. The Balaban J connectivity index is 2.56. The second-order valence-electron chi connectivity index (χ2n) is 3.93. The summed E-state index contributed by atoms with van der Waals surface area (Å²) in [5, 5.41) is 0.934. The number of halogens is 2. The Kier molecular flexibility index (Phi) is 3.41. The number of hydrogen-bond donors (Lipinski definition) is 3. The molecule has 0 fully saturated rings. The molecule has 0 aliphatic heterocycles. The van der Waals surface area contributed by atoms with E-state index in [-0.39, 0.29) is 10.6 Å². The van der Waals surface area contributed by atoms with E-state index in [4.69, 9.17) is 23.2 Å². The Morgan fingerprint density at radius 2 is 0.889 bits per heavy atom. The van der Waals surface area contributed by atoms with Gasteiger partial charge in [-0.1, -0.05) is 0 Å². The standard InChI is InChI=1S/C12H11Cl2O3P/c13-9-1-5-11(6-2-9)18(15,16,17)12-7-3-10(14)4-8-12/h1-8,15-17H. The molecular weight excluding hydrogens is 294 g/mol. The van der Waals surface area contributed by atoms with Gasteiger partial charge in [0.1, 0.15) is 0 Å². The van der Waals surface area contributed by atoms with Gasteiger partial charge in [-0.25, -0.2) is 0 Å². The zero-order valence-corrected chi connectivity index (χ0v) is 11.6. The van der Waals surface area contributed by atoms with Gasteiger partial charge in [0.05, 0.1) is 0 Å². The number of benzene rings is 2. The normalized spacial score (nSPS) is 13.9. The van der Waals surface area contributed by atoms with Crippen LogP contribution in [0.15, 0.2) is 48.5 Å². The van der Waals surface area contributed by atoms with Crippen molar-refractivity contribution in [3.05, 3.63) is 58.6 Å². The topological polar surface area (TPSA) is 60.7 Å². The number of rotatable bonds is 2. The van der Waals surface area contributed by atoms with Crippen LogP contribution >= 0.6 is 30.5 Å². The molecule has 0 saturated carbocycles. The van der Waals surface area contributed by atoms with Crippen LogP contribution in [0.25, 0.3) is 0 Å². The van der Waals surface area contributed by atoms with E-state index in [1.54, 1.807) is 0 Å². The Morgan fingerprint density at radius 3 is 1.17 bits per heavy atom. The molecule has 0 aliphatic rings. The minimum atomic E-state index is -5.10. The Bertz CT molecular complexity index is 509. The maximum absolute atomic E-state index is 10.3. The Labute approximate surface area is 114 Å². The zero-order chi connectivity index (χ0) is 13.4. The molecule has 0 saturated heterocycles. The van der Waals surface area contributed by atoms with Gasteiger partial charge in [0.15, 0.2) is 0 Å². The summed E-state index contributed by atoms with van der Waals surface area (Å²) in [5.74, 6) is 0. The van der Waals surface area contributed by atoms with Gasteiger partial charge in [-0.15, -0.1) is 0 Å². The molecule has 6 heteroatoms. The average Bonchev–Trinajstić information content (AvgIpc) is 2.29. The second kappa shape index (κ2) is 4.46. The van der Waals surface area contributed by atoms with Crippen molar-refractivity contribution in [3.8, 4) is 0 Å². The Hall–Kier alpha value is -0.670. The van der Waals surface area contributed by atoms with Crippen molar-refractivity contribution in [1.29, 1.82) is 0 Å². The van der Waals surface area contributed by atoms with E-state index in [2.05, 4.69) is 0 Å². The molecule has 0 bridgehead atoms. The first-order valence-corrected chi connectivity index (χ1v) is 7.92. The van der Waals surface area contributed by atoms with Crippen LogP contribution in [0.5, 0.6) is 0 Å². The molecule has 2 aromatic rings. The summed E-state index contributed by atoms with van der Waals surface area (Å²) >= 11 is 11.5. The molecule has 2 rings (SSSR count). The fraction of sp³-hybridized carbons (Fsp3) is 0. The van der Waals surface area contributed by atoms with Crippen LogP contribution in [0, 0.1) is 0 Å². The van der Waals surface area contributed by atoms with Crippen molar-refractivity contribution < 1.29 is 14.7 Å². The summed E-state index contributed by atoms with van der Waals surface area (Å²) in [4.78, 5) is 30.8. The zero-order valence-electron chi connectivity index (χ0n) is 9.16. The monoisotopic (exact) mass is 304 g/mol. The molecule has 0 radical (unpaired) electrons. The fourth-order valence-corrected chi connectivity index (χ4v) is 3.53. The molecule has 3 nitrogen and oxygen atoms in total. The summed E-state index contributed by atoms with van der Waals surface area (Å²) in [6.07, 6.45) is 0. The summed E-state index contributed by atoms with van der Waals surface area (Å²) in [5.41, 5.74) is 0. The van der Waals surface area contributed by atoms with E-state index in [0.717, 1.165) is 0 Å². The van der Waals surface area contributed by atoms with Crippen LogP contribution < -0.4 is 10.6 Å². The van der Waals surface area contributed by atoms with Gasteiger partial charge < -0.3 is 0 Å². The summed E-state index contributed by atoms with van der Waals surface area (Å²) in [7, 11) is -5.10. The van der Waals surface area contributed by atoms with Crippen molar-refractivity contribution >= 4 is 41.1 Å². The molecular formula is C12H11Cl2O3P. The quantitative estimate of drug-likeness (QED) is 0.746. The van der Waals surface area contributed by atoms with E-state index in [9.17, 15) is 14.7 Å². The first kappa shape index (κ1) is 13.8. The van der Waals surface area contributed by atoms with Gasteiger partial charge in [-0.05, 0) is 0 Å². The SMILES string of the molecule is OP(O)(O)(c1ccc(Cl)cc1)c1ccc(Cl)cc1. The molecule has 3 N–H and O–H groups in total. The fourth-order valence-electron chi connectivity index (χ4n) is 1.58. The van der Waals surface area contributed by atoms with Crippen LogP contribution in [0.1, 0.15) is 0 Å². The van der Waals surface area contributed by atoms with Gasteiger partial charge in [-0.2, -0.15) is 0 Å². The minimum absolute atomic E-state index is 0.0210. The maximum atomic E-state index is 10.3. The van der Waals surface area contributed by atoms with E-state index < -0.39 is 7.28 Å². The molecule has 0 atom stereocenters. The van der Waals surface area contributed by atoms with Crippen LogP contribution in [-0.4, -0.2) is 14.7 Å². The van der Waals surface area contributed by atoms with Gasteiger partial charge in [-0.3, -0.25) is 0 Å². The van der Waals surface area contributed by atoms with Crippen molar-refractivity contribution in [3.63, 3.8) is 0 Å². The third-order valence-electron chi connectivity index (χ3n) is 2.60. The van der Waals surface area contributed by atoms with Crippen LogP contribution in [-0.2, 0) is 0 Å². The predicted octanol–water partition coefficient (Wildman–Crippen LogP) is 2.22. The first-order valence-electron chi connectivity index (χ1n) is 5.07. The molecule has 0 amide bonds. The van der Waals surface area contributed by atoms with E-state index in [1.807, 2.05) is 0 Å². The number of hydrogen-bond acceptors (Lipinski definition) is 3. The van der Waals surface area contributed by atoms with Crippen molar-refractivity contribution in [2.75, 3.05) is 0 Å². The van der Waals surface area contributed by atoms with Gasteiger partial charge in [0.25, 0.3) is 0 Å². The molecule has 0 spiro atoms. The van der Waals surface area contributed by atoms with Crippen molar-refractivity contribution in [2.45, 2.75) is 0 Å². The molecule has 0 aliphatic carbocycles. The van der Waals surface area contributed by atoms with Gasteiger partial charge >= 0.3 is 114 Å². The van der Waals surface area contributed by atoms with E-state index >= 15 is 0 Å². The van der Waals surface area contributed by atoms with Gasteiger partial charge in [0.2, 0.25) is 0 Å². The van der Waals surface area contributed by atoms with Crippen LogP contribution in [0.2, 0.25) is 10.0 Å². The molecule has 0 aromatic heterocycles. The van der Waals surface area contributed by atoms with E-state index in [1.165, 1.54) is 48.5 Å². The molecule has 0 unspecified atom stereocenters. The third kappa shape index (κ3) is 2.52. The second-order valence-corrected chi connectivity index (χ2v) is 7.80. The summed E-state index contributed by atoms with van der Waals surface area (Å²) in [6.45, 7) is 0. The molecule has 0 heterocycles. The Morgan fingerprint density at radius 1 is 0.611 bits per heavy atom. The first-order chi connectivity index (χ1) is 8.28.